The van der Waals surface area contributed by atoms with Gasteiger partial charge in [0.15, 0.2) is 0 Å². The Morgan fingerprint density at radius 2 is 2.00 bits per heavy atom. The number of hydrogen-bond donors (Lipinski definition) is 1. The summed E-state index contributed by atoms with van der Waals surface area (Å²) >= 11 is 4.88. The molecule has 0 aromatic heterocycles. The fourth-order valence-electron chi connectivity index (χ4n) is 1.45. The van der Waals surface area contributed by atoms with Crippen molar-refractivity contribution in [3.05, 3.63) is 29.8 Å². The predicted molar refractivity (Wildman–Crippen MR) is 75.7 cm³/mol. The van der Waals surface area contributed by atoms with Crippen LogP contribution in [0.4, 0.5) is 0 Å². The molecule has 5 heteroatoms. The molecule has 0 aliphatic rings. The third-order valence-electron chi connectivity index (χ3n) is 2.90. The molecule has 0 fully saturated rings. The lowest BCUT2D eigenvalue weighted by Gasteiger charge is -2.24. The highest BCUT2D eigenvalue weighted by Crippen LogP contribution is 2.12. The maximum Gasteiger partial charge on any atom is 0.227 e. The second-order valence-corrected chi connectivity index (χ2v) is 4.58. The molecule has 1 atom stereocenters. The van der Waals surface area contributed by atoms with Gasteiger partial charge in [-0.1, -0.05) is 24.4 Å². The number of rotatable bonds is 5. The number of methoxy groups -OCH3 is 1. The van der Waals surface area contributed by atoms with Crippen LogP contribution in [0.3, 0.4) is 0 Å². The van der Waals surface area contributed by atoms with Crippen LogP contribution < -0.4 is 10.5 Å². The van der Waals surface area contributed by atoms with Crippen LogP contribution in [0, 0.1) is 0 Å². The second kappa shape index (κ2) is 6.35. The smallest absolute Gasteiger partial charge is 0.227 e. The second-order valence-electron chi connectivity index (χ2n) is 4.11. The number of carbonyl (C=O) groups is 1. The highest BCUT2D eigenvalue weighted by atomic mass is 32.1. The molecular formula is C13H18N2O2S. The zero-order chi connectivity index (χ0) is 13.7. The van der Waals surface area contributed by atoms with Crippen molar-refractivity contribution in [3.63, 3.8) is 0 Å². The molecule has 18 heavy (non-hydrogen) atoms. The van der Waals surface area contributed by atoms with Crippen LogP contribution in [0.5, 0.6) is 5.75 Å². The predicted octanol–water partition coefficient (Wildman–Crippen LogP) is 1.37. The van der Waals surface area contributed by atoms with Gasteiger partial charge >= 0.3 is 0 Å². The Bertz CT molecular complexity index is 431. The molecule has 0 spiro atoms. The largest absolute Gasteiger partial charge is 0.497 e. The maximum atomic E-state index is 12.0. The summed E-state index contributed by atoms with van der Waals surface area (Å²) in [4.78, 5) is 13.9. The van der Waals surface area contributed by atoms with Crippen molar-refractivity contribution in [2.75, 3.05) is 14.2 Å². The summed E-state index contributed by atoms with van der Waals surface area (Å²) < 4.78 is 5.06. The molecule has 0 radical (unpaired) electrons. The van der Waals surface area contributed by atoms with Crippen LogP contribution in [-0.4, -0.2) is 36.0 Å². The van der Waals surface area contributed by atoms with E-state index in [1.165, 1.54) is 0 Å². The Balaban J connectivity index is 2.66. The monoisotopic (exact) mass is 266 g/mol. The summed E-state index contributed by atoms with van der Waals surface area (Å²) in [5, 5.41) is 0. The molecule has 0 saturated carbocycles. The number of nitrogens with two attached hydrogens (primary N) is 1. The zero-order valence-electron chi connectivity index (χ0n) is 10.8. The quantitative estimate of drug-likeness (QED) is 0.818. The summed E-state index contributed by atoms with van der Waals surface area (Å²) in [7, 11) is 3.31. The Kier molecular flexibility index (Phi) is 5.09. The topological polar surface area (TPSA) is 55.6 Å². The summed E-state index contributed by atoms with van der Waals surface area (Å²) in [5.41, 5.74) is 6.46. The number of thiocarbonyl (C=S) groups is 1. The van der Waals surface area contributed by atoms with Crippen LogP contribution in [0.1, 0.15) is 12.5 Å². The highest BCUT2D eigenvalue weighted by Gasteiger charge is 2.17. The van der Waals surface area contributed by atoms with E-state index in [1.54, 1.807) is 19.1 Å². The molecule has 0 saturated heterocycles. The molecule has 4 nitrogen and oxygen atoms in total. The van der Waals surface area contributed by atoms with Crippen molar-refractivity contribution >= 4 is 23.1 Å². The lowest BCUT2D eigenvalue weighted by Crippen LogP contribution is -2.43. The molecule has 0 aliphatic heterocycles. The lowest BCUT2D eigenvalue weighted by atomic mass is 10.1. The molecule has 1 unspecified atom stereocenters. The van der Waals surface area contributed by atoms with E-state index in [0.29, 0.717) is 11.4 Å². The third kappa shape index (κ3) is 3.70. The van der Waals surface area contributed by atoms with Crippen LogP contribution in [0.2, 0.25) is 0 Å². The zero-order valence-corrected chi connectivity index (χ0v) is 11.7. The molecule has 1 aromatic carbocycles. The van der Waals surface area contributed by atoms with Gasteiger partial charge in [-0.3, -0.25) is 4.79 Å². The van der Waals surface area contributed by atoms with Gasteiger partial charge in [-0.05, 0) is 24.6 Å². The first-order valence-electron chi connectivity index (χ1n) is 5.63. The molecule has 1 rings (SSSR count). The third-order valence-corrected chi connectivity index (χ3v) is 3.24. The maximum absolute atomic E-state index is 12.0. The van der Waals surface area contributed by atoms with Gasteiger partial charge in [0.2, 0.25) is 5.91 Å². The first kappa shape index (κ1) is 14.4. The molecule has 0 heterocycles. The van der Waals surface area contributed by atoms with Crippen LogP contribution in [-0.2, 0) is 11.2 Å². The van der Waals surface area contributed by atoms with Gasteiger partial charge < -0.3 is 15.4 Å². The van der Waals surface area contributed by atoms with Gasteiger partial charge in [-0.15, -0.1) is 0 Å². The van der Waals surface area contributed by atoms with Crippen LogP contribution >= 0.6 is 12.2 Å². The van der Waals surface area contributed by atoms with Gasteiger partial charge in [0, 0.05) is 7.05 Å². The molecule has 1 aromatic rings. The molecule has 0 aliphatic carbocycles. The molecule has 0 bridgehead atoms. The van der Waals surface area contributed by atoms with E-state index < -0.39 is 0 Å². The van der Waals surface area contributed by atoms with E-state index in [1.807, 2.05) is 31.2 Å². The van der Waals surface area contributed by atoms with Crippen molar-refractivity contribution in [2.45, 2.75) is 19.4 Å². The van der Waals surface area contributed by atoms with Crippen molar-refractivity contribution < 1.29 is 9.53 Å². The molecule has 2 N–H and O–H groups in total. The Morgan fingerprint density at radius 3 is 2.44 bits per heavy atom. The fraction of sp³-hybridized carbons (Fsp3) is 0.385. The minimum atomic E-state index is -0.231. The normalized spacial score (nSPS) is 11.7. The van der Waals surface area contributed by atoms with Gasteiger partial charge in [0.25, 0.3) is 0 Å². The van der Waals surface area contributed by atoms with Gasteiger partial charge in [0.05, 0.1) is 24.6 Å². The number of hydrogen-bond acceptors (Lipinski definition) is 3. The minimum Gasteiger partial charge on any atom is -0.497 e. The van der Waals surface area contributed by atoms with Crippen molar-refractivity contribution in [1.82, 2.24) is 4.90 Å². The Hall–Kier alpha value is -1.62. The number of carbonyl (C=O) groups excluding carboxylic acids is 1. The van der Waals surface area contributed by atoms with Crippen LogP contribution in [0.25, 0.3) is 0 Å². The highest BCUT2D eigenvalue weighted by molar-refractivity contribution is 7.80. The van der Waals surface area contributed by atoms with E-state index in [-0.39, 0.29) is 11.9 Å². The van der Waals surface area contributed by atoms with E-state index in [0.717, 1.165) is 11.3 Å². The number of likely N-dealkylation sites (N-methyl/N-ethyl adjacent to an activating group) is 1. The number of ether oxygens (including phenoxy) is 1. The van der Waals surface area contributed by atoms with Gasteiger partial charge in [-0.25, -0.2) is 0 Å². The molecule has 98 valence electrons. The van der Waals surface area contributed by atoms with E-state index >= 15 is 0 Å². The fourth-order valence-corrected chi connectivity index (χ4v) is 1.61. The molecular weight excluding hydrogens is 248 g/mol. The number of nitrogens with zero attached hydrogens (tertiary/aromatic N) is 1. The first-order chi connectivity index (χ1) is 8.45. The van der Waals surface area contributed by atoms with Crippen molar-refractivity contribution in [2.24, 2.45) is 5.73 Å². The standard InChI is InChI=1S/C13H18N2O2S/c1-9(13(14)18)15(2)12(16)8-10-4-6-11(17-3)7-5-10/h4-7,9H,8H2,1-3H3,(H2,14,18). The van der Waals surface area contributed by atoms with E-state index in [4.69, 9.17) is 22.7 Å². The number of benzene rings is 1. The van der Waals surface area contributed by atoms with Crippen LogP contribution in [0.15, 0.2) is 24.3 Å². The van der Waals surface area contributed by atoms with Crippen molar-refractivity contribution in [1.29, 1.82) is 0 Å². The first-order valence-corrected chi connectivity index (χ1v) is 6.04. The summed E-state index contributed by atoms with van der Waals surface area (Å²) in [6.45, 7) is 1.81. The van der Waals surface area contributed by atoms with E-state index in [2.05, 4.69) is 0 Å². The summed E-state index contributed by atoms with van der Waals surface area (Å²) in [6, 6.07) is 7.18. The van der Waals surface area contributed by atoms with Crippen molar-refractivity contribution in [3.8, 4) is 5.75 Å². The summed E-state index contributed by atoms with van der Waals surface area (Å²) in [5.74, 6) is 0.761. The number of amides is 1. The molecule has 1 amide bonds. The van der Waals surface area contributed by atoms with E-state index in [9.17, 15) is 4.79 Å². The average molecular weight is 266 g/mol. The Morgan fingerprint density at radius 1 is 1.44 bits per heavy atom. The lowest BCUT2D eigenvalue weighted by molar-refractivity contribution is -0.129. The Labute approximate surface area is 113 Å². The average Bonchev–Trinajstić information content (AvgIpc) is 2.37. The van der Waals surface area contributed by atoms with Gasteiger partial charge in [-0.2, -0.15) is 0 Å². The SMILES string of the molecule is COc1ccc(CC(=O)N(C)C(C)C(N)=S)cc1. The minimum absolute atomic E-state index is 0.0135. The van der Waals surface area contributed by atoms with Gasteiger partial charge in [0.1, 0.15) is 5.75 Å². The summed E-state index contributed by atoms with van der Waals surface area (Å²) in [6.07, 6.45) is 0.327.